The van der Waals surface area contributed by atoms with Crippen LogP contribution in [0.5, 0.6) is 6.01 Å². The van der Waals surface area contributed by atoms with Gasteiger partial charge in [0.2, 0.25) is 0 Å². The Morgan fingerprint density at radius 2 is 1.90 bits per heavy atom. The van der Waals surface area contributed by atoms with E-state index >= 15 is 0 Å². The number of amides is 1. The van der Waals surface area contributed by atoms with Gasteiger partial charge in [-0.1, -0.05) is 11.6 Å². The number of anilines is 1. The molecule has 2 aromatic rings. The minimum absolute atomic E-state index is 0.00952. The quantitative estimate of drug-likeness (QED) is 0.684. The summed E-state index contributed by atoms with van der Waals surface area (Å²) in [6.07, 6.45) is 2.92. The van der Waals surface area contributed by atoms with E-state index < -0.39 is 11.4 Å². The number of carbonyl (C=O) groups is 1. The molecule has 156 valence electrons. The van der Waals surface area contributed by atoms with Crippen molar-refractivity contribution in [1.29, 1.82) is 0 Å². The van der Waals surface area contributed by atoms with Gasteiger partial charge in [0, 0.05) is 19.3 Å². The molecule has 29 heavy (non-hydrogen) atoms. The zero-order valence-corrected chi connectivity index (χ0v) is 17.5. The van der Waals surface area contributed by atoms with Gasteiger partial charge < -0.3 is 14.4 Å². The Balaban J connectivity index is 1.67. The topological polar surface area (TPSA) is 80.7 Å². The van der Waals surface area contributed by atoms with Gasteiger partial charge in [0.1, 0.15) is 16.9 Å². The molecule has 2 saturated heterocycles. The van der Waals surface area contributed by atoms with Crippen LogP contribution in [0.1, 0.15) is 33.6 Å². The number of aromatic nitrogens is 3. The molecule has 2 atom stereocenters. The number of halogens is 2. The summed E-state index contributed by atoms with van der Waals surface area (Å²) in [5.41, 5.74) is -0.486. The van der Waals surface area contributed by atoms with Crippen molar-refractivity contribution in [2.75, 3.05) is 25.1 Å². The van der Waals surface area contributed by atoms with Crippen LogP contribution in [0.2, 0.25) is 5.15 Å². The zero-order chi connectivity index (χ0) is 20.9. The summed E-state index contributed by atoms with van der Waals surface area (Å²) in [5, 5.41) is 0.205. The largest absolute Gasteiger partial charge is 0.467 e. The van der Waals surface area contributed by atoms with Gasteiger partial charge in [0.15, 0.2) is 11.0 Å². The van der Waals surface area contributed by atoms with Gasteiger partial charge in [0.25, 0.3) is 0 Å². The van der Waals surface area contributed by atoms with Crippen LogP contribution in [0.4, 0.5) is 15.0 Å². The summed E-state index contributed by atoms with van der Waals surface area (Å²) in [6, 6.07) is 0.0324. The normalized spacial score (nSPS) is 21.6. The van der Waals surface area contributed by atoms with Crippen molar-refractivity contribution in [1.82, 2.24) is 19.9 Å². The van der Waals surface area contributed by atoms with E-state index in [1.165, 1.54) is 13.3 Å². The summed E-state index contributed by atoms with van der Waals surface area (Å²) in [5.74, 6) is -0.183. The first kappa shape index (κ1) is 19.9. The molecule has 0 aliphatic carbocycles. The molecule has 2 aliphatic rings. The fraction of sp³-hybridized carbons (Fsp3) is 0.579. The second-order valence-electron chi connectivity index (χ2n) is 8.34. The molecular weight excluding hydrogens is 401 g/mol. The van der Waals surface area contributed by atoms with Gasteiger partial charge in [-0.25, -0.2) is 14.2 Å². The Bertz CT molecular complexity index is 953. The van der Waals surface area contributed by atoms with E-state index in [2.05, 4.69) is 15.0 Å². The number of ether oxygens (including phenoxy) is 2. The number of fused-ring (bicyclic) bond motifs is 3. The van der Waals surface area contributed by atoms with E-state index in [4.69, 9.17) is 21.1 Å². The Labute approximate surface area is 173 Å². The maximum absolute atomic E-state index is 14.5. The summed E-state index contributed by atoms with van der Waals surface area (Å²) in [7, 11) is 1.43. The lowest BCUT2D eigenvalue weighted by Crippen LogP contribution is -2.57. The van der Waals surface area contributed by atoms with Gasteiger partial charge in [0.05, 0.1) is 24.6 Å². The molecule has 2 unspecified atom stereocenters. The molecule has 0 aromatic carbocycles. The third-order valence-corrected chi connectivity index (χ3v) is 5.43. The maximum atomic E-state index is 14.5. The molecule has 2 aromatic heterocycles. The number of carbonyl (C=O) groups excluding carboxylic acids is 1. The van der Waals surface area contributed by atoms with Crippen LogP contribution < -0.4 is 9.64 Å². The molecular formula is C19H23ClFN5O3. The molecule has 8 nitrogen and oxygen atoms in total. The predicted octanol–water partition coefficient (Wildman–Crippen LogP) is 3.41. The van der Waals surface area contributed by atoms with Crippen LogP contribution in [0.3, 0.4) is 0 Å². The molecule has 0 spiro atoms. The second kappa shape index (κ2) is 7.12. The lowest BCUT2D eigenvalue weighted by molar-refractivity contribution is 0.0123. The zero-order valence-electron chi connectivity index (χ0n) is 16.8. The van der Waals surface area contributed by atoms with Gasteiger partial charge >= 0.3 is 12.1 Å². The second-order valence-corrected chi connectivity index (χ2v) is 8.69. The number of hydrogen-bond donors (Lipinski definition) is 0. The smallest absolute Gasteiger partial charge is 0.410 e. The highest BCUT2D eigenvalue weighted by Gasteiger charge is 2.45. The number of pyridine rings is 1. The van der Waals surface area contributed by atoms with E-state index in [1.54, 1.807) is 0 Å². The van der Waals surface area contributed by atoms with Crippen LogP contribution >= 0.6 is 11.6 Å². The molecule has 2 fully saturated rings. The van der Waals surface area contributed by atoms with E-state index in [9.17, 15) is 9.18 Å². The van der Waals surface area contributed by atoms with Crippen LogP contribution in [-0.4, -0.2) is 63.8 Å². The third kappa shape index (κ3) is 3.63. The fourth-order valence-electron chi connectivity index (χ4n) is 4.02. The number of rotatable bonds is 2. The van der Waals surface area contributed by atoms with Crippen molar-refractivity contribution >= 4 is 34.4 Å². The number of piperazine rings is 1. The van der Waals surface area contributed by atoms with Crippen molar-refractivity contribution in [2.24, 2.45) is 0 Å². The minimum Gasteiger partial charge on any atom is -0.467 e. The first-order chi connectivity index (χ1) is 13.7. The van der Waals surface area contributed by atoms with Gasteiger partial charge in [-0.15, -0.1) is 0 Å². The van der Waals surface area contributed by atoms with Gasteiger partial charge in [-0.3, -0.25) is 4.90 Å². The highest BCUT2D eigenvalue weighted by Crippen LogP contribution is 2.36. The highest BCUT2D eigenvalue weighted by atomic mass is 35.5. The van der Waals surface area contributed by atoms with Crippen LogP contribution in [-0.2, 0) is 4.74 Å². The Hall–Kier alpha value is -2.42. The SMILES string of the molecule is COc1nc(N2CC3CCC(C2)N3C(=O)OC(C)(C)C)c2cnc(Cl)c(F)c2n1. The molecule has 2 bridgehead atoms. The maximum Gasteiger partial charge on any atom is 0.410 e. The number of hydrogen-bond acceptors (Lipinski definition) is 7. The molecule has 10 heteroatoms. The first-order valence-electron chi connectivity index (χ1n) is 9.50. The van der Waals surface area contributed by atoms with E-state index in [0.29, 0.717) is 24.3 Å². The lowest BCUT2D eigenvalue weighted by atomic mass is 10.1. The van der Waals surface area contributed by atoms with E-state index in [-0.39, 0.29) is 34.9 Å². The van der Waals surface area contributed by atoms with E-state index in [0.717, 1.165) is 12.8 Å². The average Bonchev–Trinajstić information content (AvgIpc) is 2.93. The molecule has 0 radical (unpaired) electrons. The van der Waals surface area contributed by atoms with Gasteiger partial charge in [-0.05, 0) is 33.6 Å². The Kier molecular flexibility index (Phi) is 4.88. The summed E-state index contributed by atoms with van der Waals surface area (Å²) >= 11 is 5.83. The van der Waals surface area contributed by atoms with Crippen LogP contribution in [0, 0.1) is 5.82 Å². The molecule has 2 aliphatic heterocycles. The predicted molar refractivity (Wildman–Crippen MR) is 106 cm³/mol. The van der Waals surface area contributed by atoms with Crippen LogP contribution in [0.25, 0.3) is 10.9 Å². The minimum atomic E-state index is -0.707. The average molecular weight is 424 g/mol. The third-order valence-electron chi connectivity index (χ3n) is 5.17. The van der Waals surface area contributed by atoms with Crippen molar-refractivity contribution in [3.63, 3.8) is 0 Å². The standard InChI is InChI=1S/C19H23ClFN5O3/c1-19(2,3)29-18(27)26-10-5-6-11(26)9-25(8-10)16-12-7-22-15(20)13(21)14(12)23-17(24-16)28-4/h7,10-11H,5-6,8-9H2,1-4H3. The summed E-state index contributed by atoms with van der Waals surface area (Å²) in [6.45, 7) is 6.67. The number of methoxy groups -OCH3 is 1. The monoisotopic (exact) mass is 423 g/mol. The molecule has 0 N–H and O–H groups in total. The summed E-state index contributed by atoms with van der Waals surface area (Å²) in [4.78, 5) is 29.0. The van der Waals surface area contributed by atoms with Gasteiger partial charge in [-0.2, -0.15) is 9.97 Å². The van der Waals surface area contributed by atoms with Crippen molar-refractivity contribution in [3.05, 3.63) is 17.2 Å². The van der Waals surface area contributed by atoms with Crippen molar-refractivity contribution < 1.29 is 18.7 Å². The summed E-state index contributed by atoms with van der Waals surface area (Å²) < 4.78 is 25.3. The Morgan fingerprint density at radius 3 is 2.48 bits per heavy atom. The molecule has 0 saturated carbocycles. The Morgan fingerprint density at radius 1 is 1.24 bits per heavy atom. The number of nitrogens with zero attached hydrogens (tertiary/aromatic N) is 5. The molecule has 1 amide bonds. The molecule has 4 rings (SSSR count). The molecule has 4 heterocycles. The first-order valence-corrected chi connectivity index (χ1v) is 9.87. The van der Waals surface area contributed by atoms with E-state index in [1.807, 2.05) is 30.6 Å². The highest BCUT2D eigenvalue weighted by molar-refractivity contribution is 6.30. The lowest BCUT2D eigenvalue weighted by Gasteiger charge is -2.42. The van der Waals surface area contributed by atoms with Crippen LogP contribution in [0.15, 0.2) is 6.20 Å². The fourth-order valence-corrected chi connectivity index (χ4v) is 4.16. The van der Waals surface area contributed by atoms with Crippen molar-refractivity contribution in [3.8, 4) is 6.01 Å². The van der Waals surface area contributed by atoms with Crippen molar-refractivity contribution in [2.45, 2.75) is 51.3 Å².